The van der Waals surface area contributed by atoms with Crippen molar-refractivity contribution in [3.8, 4) is 5.75 Å². The molecular formula is C16H22FN3O. The standard InChI is InChI=1S/C16H22FN3O/c1-4-12-9-13(20(5-2)19-12)10-15(18)11-6-7-16(21-3)14(17)8-11/h6-9,15H,4-5,10,18H2,1-3H3. The summed E-state index contributed by atoms with van der Waals surface area (Å²) in [5.41, 5.74) is 9.11. The molecule has 0 spiro atoms. The van der Waals surface area contributed by atoms with Gasteiger partial charge in [-0.15, -0.1) is 0 Å². The fraction of sp³-hybridized carbons (Fsp3) is 0.438. The molecule has 21 heavy (non-hydrogen) atoms. The van der Waals surface area contributed by atoms with Crippen molar-refractivity contribution in [2.24, 2.45) is 5.73 Å². The number of aromatic nitrogens is 2. The lowest BCUT2D eigenvalue weighted by Crippen LogP contribution is -2.16. The maximum absolute atomic E-state index is 13.8. The van der Waals surface area contributed by atoms with Crippen LogP contribution in [0.3, 0.4) is 0 Å². The number of nitrogens with zero attached hydrogens (tertiary/aromatic N) is 2. The highest BCUT2D eigenvalue weighted by Gasteiger charge is 2.14. The Labute approximate surface area is 124 Å². The van der Waals surface area contributed by atoms with Crippen LogP contribution in [0, 0.1) is 5.82 Å². The molecule has 0 bridgehead atoms. The third-order valence-electron chi connectivity index (χ3n) is 3.61. The highest BCUT2D eigenvalue weighted by atomic mass is 19.1. The molecule has 0 saturated carbocycles. The van der Waals surface area contributed by atoms with Crippen molar-refractivity contribution in [1.29, 1.82) is 0 Å². The second kappa shape index (κ2) is 6.72. The molecule has 1 heterocycles. The van der Waals surface area contributed by atoms with Crippen molar-refractivity contribution in [2.45, 2.75) is 39.3 Å². The SMILES string of the molecule is CCc1cc(CC(N)c2ccc(OC)c(F)c2)n(CC)n1. The van der Waals surface area contributed by atoms with E-state index >= 15 is 0 Å². The Morgan fingerprint density at radius 3 is 2.67 bits per heavy atom. The molecule has 0 aliphatic carbocycles. The van der Waals surface area contributed by atoms with Crippen LogP contribution in [0.15, 0.2) is 24.3 Å². The zero-order valence-electron chi connectivity index (χ0n) is 12.8. The number of ether oxygens (including phenoxy) is 1. The van der Waals surface area contributed by atoms with Crippen molar-refractivity contribution in [3.05, 3.63) is 47.0 Å². The van der Waals surface area contributed by atoms with Gasteiger partial charge in [-0.3, -0.25) is 4.68 Å². The van der Waals surface area contributed by atoms with Crippen molar-refractivity contribution < 1.29 is 9.13 Å². The summed E-state index contributed by atoms with van der Waals surface area (Å²) >= 11 is 0. The monoisotopic (exact) mass is 291 g/mol. The molecule has 1 aromatic carbocycles. The van der Waals surface area contributed by atoms with Gasteiger partial charge in [0.2, 0.25) is 0 Å². The molecule has 0 saturated heterocycles. The maximum atomic E-state index is 13.8. The quantitative estimate of drug-likeness (QED) is 0.890. The van der Waals surface area contributed by atoms with Crippen LogP contribution in [0.4, 0.5) is 4.39 Å². The van der Waals surface area contributed by atoms with Gasteiger partial charge in [-0.05, 0) is 37.1 Å². The van der Waals surface area contributed by atoms with Gasteiger partial charge in [0.15, 0.2) is 11.6 Å². The van der Waals surface area contributed by atoms with Gasteiger partial charge in [-0.1, -0.05) is 13.0 Å². The van der Waals surface area contributed by atoms with Gasteiger partial charge in [-0.25, -0.2) is 4.39 Å². The molecule has 2 rings (SSSR count). The van der Waals surface area contributed by atoms with E-state index in [0.29, 0.717) is 6.42 Å². The van der Waals surface area contributed by atoms with Crippen LogP contribution in [-0.2, 0) is 19.4 Å². The molecule has 1 atom stereocenters. The largest absolute Gasteiger partial charge is 0.494 e. The van der Waals surface area contributed by atoms with E-state index in [2.05, 4.69) is 25.0 Å². The number of halogens is 1. The lowest BCUT2D eigenvalue weighted by Gasteiger charge is -2.14. The summed E-state index contributed by atoms with van der Waals surface area (Å²) in [6.45, 7) is 4.93. The summed E-state index contributed by atoms with van der Waals surface area (Å²) in [6.07, 6.45) is 1.53. The Kier molecular flexibility index (Phi) is 4.96. The Balaban J connectivity index is 2.19. The summed E-state index contributed by atoms with van der Waals surface area (Å²) in [4.78, 5) is 0. The predicted octanol–water partition coefficient (Wildman–Crippen LogP) is 2.86. The lowest BCUT2D eigenvalue weighted by molar-refractivity contribution is 0.386. The minimum absolute atomic E-state index is 0.234. The van der Waals surface area contributed by atoms with Gasteiger partial charge in [-0.2, -0.15) is 5.10 Å². The first-order chi connectivity index (χ1) is 10.1. The Morgan fingerprint density at radius 1 is 1.33 bits per heavy atom. The minimum Gasteiger partial charge on any atom is -0.494 e. The molecule has 0 amide bonds. The van der Waals surface area contributed by atoms with Crippen LogP contribution in [0.25, 0.3) is 0 Å². The number of hydrogen-bond donors (Lipinski definition) is 1. The zero-order valence-corrected chi connectivity index (χ0v) is 12.8. The predicted molar refractivity (Wildman–Crippen MR) is 80.9 cm³/mol. The Hall–Kier alpha value is -1.88. The van der Waals surface area contributed by atoms with Crippen LogP contribution in [0.1, 0.15) is 36.8 Å². The van der Waals surface area contributed by atoms with E-state index < -0.39 is 0 Å². The number of methoxy groups -OCH3 is 1. The smallest absolute Gasteiger partial charge is 0.165 e. The van der Waals surface area contributed by atoms with E-state index in [1.165, 1.54) is 13.2 Å². The molecule has 114 valence electrons. The van der Waals surface area contributed by atoms with Crippen molar-refractivity contribution >= 4 is 0 Å². The average molecular weight is 291 g/mol. The van der Waals surface area contributed by atoms with Gasteiger partial charge < -0.3 is 10.5 Å². The van der Waals surface area contributed by atoms with Gasteiger partial charge in [0.05, 0.1) is 12.8 Å². The molecule has 2 aromatic rings. The minimum atomic E-state index is -0.385. The van der Waals surface area contributed by atoms with Crippen LogP contribution >= 0.6 is 0 Å². The fourth-order valence-electron chi connectivity index (χ4n) is 2.38. The van der Waals surface area contributed by atoms with Gasteiger partial charge in [0.1, 0.15) is 0 Å². The van der Waals surface area contributed by atoms with Crippen molar-refractivity contribution in [3.63, 3.8) is 0 Å². The van der Waals surface area contributed by atoms with E-state index in [0.717, 1.165) is 29.9 Å². The summed E-state index contributed by atoms with van der Waals surface area (Å²) in [5, 5.41) is 4.51. The molecule has 5 heteroatoms. The molecule has 2 N–H and O–H groups in total. The third kappa shape index (κ3) is 3.42. The summed E-state index contributed by atoms with van der Waals surface area (Å²) in [7, 11) is 1.45. The van der Waals surface area contributed by atoms with Gasteiger partial charge in [0.25, 0.3) is 0 Å². The van der Waals surface area contributed by atoms with E-state index in [4.69, 9.17) is 10.5 Å². The van der Waals surface area contributed by atoms with E-state index in [-0.39, 0.29) is 17.6 Å². The Morgan fingerprint density at radius 2 is 2.10 bits per heavy atom. The van der Waals surface area contributed by atoms with E-state index in [1.54, 1.807) is 12.1 Å². The first-order valence-electron chi connectivity index (χ1n) is 7.23. The van der Waals surface area contributed by atoms with Crippen LogP contribution < -0.4 is 10.5 Å². The third-order valence-corrected chi connectivity index (χ3v) is 3.61. The molecule has 0 radical (unpaired) electrons. The lowest BCUT2D eigenvalue weighted by atomic mass is 10.0. The van der Waals surface area contributed by atoms with Gasteiger partial charge >= 0.3 is 0 Å². The molecular weight excluding hydrogens is 269 g/mol. The molecule has 1 unspecified atom stereocenters. The van der Waals surface area contributed by atoms with Crippen LogP contribution in [0.5, 0.6) is 5.75 Å². The summed E-state index contributed by atoms with van der Waals surface area (Å²) in [5.74, 6) is -0.151. The number of benzene rings is 1. The molecule has 4 nitrogen and oxygen atoms in total. The maximum Gasteiger partial charge on any atom is 0.165 e. The normalized spacial score (nSPS) is 12.4. The highest BCUT2D eigenvalue weighted by molar-refractivity contribution is 5.31. The van der Waals surface area contributed by atoms with Crippen LogP contribution in [0.2, 0.25) is 0 Å². The average Bonchev–Trinajstić information content (AvgIpc) is 2.89. The molecule has 0 aliphatic rings. The highest BCUT2D eigenvalue weighted by Crippen LogP contribution is 2.23. The molecule has 0 fully saturated rings. The molecule has 1 aromatic heterocycles. The van der Waals surface area contributed by atoms with Crippen LogP contribution in [-0.4, -0.2) is 16.9 Å². The number of rotatable bonds is 6. The Bertz CT molecular complexity index is 610. The first kappa shape index (κ1) is 15.5. The summed E-state index contributed by atoms with van der Waals surface area (Å²) < 4.78 is 20.6. The van der Waals surface area contributed by atoms with Crippen molar-refractivity contribution in [1.82, 2.24) is 9.78 Å². The zero-order chi connectivity index (χ0) is 15.4. The van der Waals surface area contributed by atoms with E-state index in [1.807, 2.05) is 4.68 Å². The second-order valence-corrected chi connectivity index (χ2v) is 5.00. The topological polar surface area (TPSA) is 53.1 Å². The fourth-order valence-corrected chi connectivity index (χ4v) is 2.38. The second-order valence-electron chi connectivity index (χ2n) is 5.00. The van der Waals surface area contributed by atoms with Gasteiger partial charge in [0, 0.05) is 24.7 Å². The first-order valence-corrected chi connectivity index (χ1v) is 7.23. The number of nitrogens with two attached hydrogens (primary N) is 1. The summed E-state index contributed by atoms with van der Waals surface area (Å²) in [6, 6.07) is 6.66. The molecule has 0 aliphatic heterocycles. The van der Waals surface area contributed by atoms with E-state index in [9.17, 15) is 4.39 Å². The van der Waals surface area contributed by atoms with Crippen molar-refractivity contribution in [2.75, 3.05) is 7.11 Å². The number of hydrogen-bond acceptors (Lipinski definition) is 3. The number of aryl methyl sites for hydroxylation is 2.